The number of benzene rings is 1. The SMILES string of the molecule is C.CCc1ccc(CO)cc1. The van der Waals surface area contributed by atoms with Gasteiger partial charge in [0.05, 0.1) is 6.61 Å². The maximum atomic E-state index is 8.70. The zero-order valence-electron chi connectivity index (χ0n) is 6.17. The molecule has 0 spiro atoms. The molecule has 0 aromatic heterocycles. The van der Waals surface area contributed by atoms with Crippen LogP contribution in [0.15, 0.2) is 24.3 Å². The van der Waals surface area contributed by atoms with Gasteiger partial charge in [-0.2, -0.15) is 0 Å². The van der Waals surface area contributed by atoms with Gasteiger partial charge in [0.2, 0.25) is 0 Å². The van der Waals surface area contributed by atoms with Gasteiger partial charge < -0.3 is 5.11 Å². The molecule has 0 aliphatic carbocycles. The Balaban J connectivity index is 0.000001000. The van der Waals surface area contributed by atoms with E-state index in [0.717, 1.165) is 12.0 Å². The number of hydrogen-bond donors (Lipinski definition) is 1. The molecule has 0 bridgehead atoms. The van der Waals surface area contributed by atoms with Crippen LogP contribution in [-0.2, 0) is 13.0 Å². The van der Waals surface area contributed by atoms with Crippen molar-refractivity contribution in [3.63, 3.8) is 0 Å². The van der Waals surface area contributed by atoms with Crippen LogP contribution in [0.3, 0.4) is 0 Å². The normalized spacial score (nSPS) is 8.91. The molecule has 0 unspecified atom stereocenters. The quantitative estimate of drug-likeness (QED) is 0.689. The molecule has 0 aliphatic rings. The first kappa shape index (κ1) is 10.2. The van der Waals surface area contributed by atoms with E-state index in [0.29, 0.717) is 0 Å². The highest BCUT2D eigenvalue weighted by Gasteiger charge is 1.88. The van der Waals surface area contributed by atoms with E-state index in [4.69, 9.17) is 5.11 Å². The lowest BCUT2D eigenvalue weighted by Gasteiger charge is -1.97. The Morgan fingerprint density at radius 2 is 1.55 bits per heavy atom. The number of aliphatic hydroxyl groups is 1. The standard InChI is InChI=1S/C9H12O.CH4/c1-2-8-3-5-9(7-10)6-4-8;/h3-6,10H,2,7H2,1H3;1H4. The van der Waals surface area contributed by atoms with E-state index in [9.17, 15) is 0 Å². The molecular weight excluding hydrogens is 136 g/mol. The van der Waals surface area contributed by atoms with Crippen LogP contribution in [0.1, 0.15) is 25.5 Å². The third-order valence-corrected chi connectivity index (χ3v) is 1.61. The van der Waals surface area contributed by atoms with Gasteiger partial charge in [0.15, 0.2) is 0 Å². The van der Waals surface area contributed by atoms with Gasteiger partial charge in [-0.05, 0) is 17.5 Å². The molecule has 0 heterocycles. The molecule has 0 radical (unpaired) electrons. The summed E-state index contributed by atoms with van der Waals surface area (Å²) in [5.74, 6) is 0. The lowest BCUT2D eigenvalue weighted by molar-refractivity contribution is 0.282. The summed E-state index contributed by atoms with van der Waals surface area (Å²) >= 11 is 0. The van der Waals surface area contributed by atoms with Crippen LogP contribution in [0.5, 0.6) is 0 Å². The summed E-state index contributed by atoms with van der Waals surface area (Å²) in [4.78, 5) is 0. The second kappa shape index (κ2) is 4.91. The molecule has 1 N–H and O–H groups in total. The molecule has 0 saturated heterocycles. The van der Waals surface area contributed by atoms with E-state index in [1.807, 2.05) is 24.3 Å². The minimum Gasteiger partial charge on any atom is -0.392 e. The van der Waals surface area contributed by atoms with Crippen molar-refractivity contribution < 1.29 is 5.11 Å². The molecule has 11 heavy (non-hydrogen) atoms. The fourth-order valence-electron chi connectivity index (χ4n) is 0.880. The van der Waals surface area contributed by atoms with Crippen LogP contribution in [0.4, 0.5) is 0 Å². The van der Waals surface area contributed by atoms with Gasteiger partial charge in [-0.3, -0.25) is 0 Å². The molecular formula is C10H16O. The summed E-state index contributed by atoms with van der Waals surface area (Å²) in [6, 6.07) is 8.01. The molecule has 1 aromatic carbocycles. The Morgan fingerprint density at radius 3 is 1.91 bits per heavy atom. The van der Waals surface area contributed by atoms with E-state index in [1.54, 1.807) is 0 Å². The minimum atomic E-state index is 0. The Morgan fingerprint density at radius 1 is 1.09 bits per heavy atom. The average molecular weight is 152 g/mol. The summed E-state index contributed by atoms with van der Waals surface area (Å²) in [5.41, 5.74) is 2.30. The third-order valence-electron chi connectivity index (χ3n) is 1.61. The second-order valence-corrected chi connectivity index (χ2v) is 2.33. The first-order valence-electron chi connectivity index (χ1n) is 3.55. The van der Waals surface area contributed by atoms with Gasteiger partial charge in [0.25, 0.3) is 0 Å². The van der Waals surface area contributed by atoms with Gasteiger partial charge in [-0.1, -0.05) is 38.6 Å². The zero-order chi connectivity index (χ0) is 7.40. The smallest absolute Gasteiger partial charge is 0.0681 e. The van der Waals surface area contributed by atoms with Gasteiger partial charge in [-0.15, -0.1) is 0 Å². The molecule has 1 rings (SSSR count). The Bertz CT molecular complexity index is 166. The van der Waals surface area contributed by atoms with Crippen LogP contribution >= 0.6 is 0 Å². The molecule has 0 atom stereocenters. The maximum Gasteiger partial charge on any atom is 0.0681 e. The fraction of sp³-hybridized carbons (Fsp3) is 0.400. The van der Waals surface area contributed by atoms with Crippen molar-refractivity contribution in [3.05, 3.63) is 35.4 Å². The van der Waals surface area contributed by atoms with Crippen LogP contribution in [0, 0.1) is 0 Å². The van der Waals surface area contributed by atoms with E-state index in [2.05, 4.69) is 6.92 Å². The first-order valence-corrected chi connectivity index (χ1v) is 3.55. The maximum absolute atomic E-state index is 8.70. The largest absolute Gasteiger partial charge is 0.392 e. The molecule has 1 aromatic rings. The molecule has 0 aliphatic heterocycles. The topological polar surface area (TPSA) is 20.2 Å². The number of aryl methyl sites for hydroxylation is 1. The lowest BCUT2D eigenvalue weighted by atomic mass is 10.1. The van der Waals surface area contributed by atoms with Crippen LogP contribution in [-0.4, -0.2) is 5.11 Å². The number of hydrogen-bond acceptors (Lipinski definition) is 1. The summed E-state index contributed by atoms with van der Waals surface area (Å²) < 4.78 is 0. The number of aliphatic hydroxyl groups excluding tert-OH is 1. The van der Waals surface area contributed by atoms with Crippen molar-refractivity contribution in [2.45, 2.75) is 27.4 Å². The zero-order valence-corrected chi connectivity index (χ0v) is 6.17. The van der Waals surface area contributed by atoms with Crippen LogP contribution < -0.4 is 0 Å². The summed E-state index contributed by atoms with van der Waals surface area (Å²) in [5, 5.41) is 8.70. The van der Waals surface area contributed by atoms with E-state index >= 15 is 0 Å². The molecule has 62 valence electrons. The van der Waals surface area contributed by atoms with Gasteiger partial charge in [0, 0.05) is 0 Å². The van der Waals surface area contributed by atoms with Crippen molar-refractivity contribution in [1.29, 1.82) is 0 Å². The van der Waals surface area contributed by atoms with Crippen molar-refractivity contribution in [2.75, 3.05) is 0 Å². The molecule has 0 fully saturated rings. The van der Waals surface area contributed by atoms with Crippen LogP contribution in [0.2, 0.25) is 0 Å². The van der Waals surface area contributed by atoms with Gasteiger partial charge >= 0.3 is 0 Å². The van der Waals surface area contributed by atoms with Crippen molar-refractivity contribution in [2.24, 2.45) is 0 Å². The average Bonchev–Trinajstić information content (AvgIpc) is 2.05. The van der Waals surface area contributed by atoms with E-state index in [-0.39, 0.29) is 14.0 Å². The molecule has 0 saturated carbocycles. The van der Waals surface area contributed by atoms with Gasteiger partial charge in [-0.25, -0.2) is 0 Å². The first-order chi connectivity index (χ1) is 4.86. The molecule has 1 nitrogen and oxygen atoms in total. The monoisotopic (exact) mass is 152 g/mol. The van der Waals surface area contributed by atoms with Gasteiger partial charge in [0.1, 0.15) is 0 Å². The fourth-order valence-corrected chi connectivity index (χ4v) is 0.880. The van der Waals surface area contributed by atoms with E-state index < -0.39 is 0 Å². The summed E-state index contributed by atoms with van der Waals surface area (Å²) in [7, 11) is 0. The third kappa shape index (κ3) is 2.72. The summed E-state index contributed by atoms with van der Waals surface area (Å²) in [6.45, 7) is 2.26. The molecule has 1 heteroatoms. The summed E-state index contributed by atoms with van der Waals surface area (Å²) in [6.07, 6.45) is 1.06. The highest BCUT2D eigenvalue weighted by Crippen LogP contribution is 2.03. The Hall–Kier alpha value is -0.820. The molecule has 0 amide bonds. The van der Waals surface area contributed by atoms with E-state index in [1.165, 1.54) is 5.56 Å². The lowest BCUT2D eigenvalue weighted by Crippen LogP contribution is -1.83. The number of rotatable bonds is 2. The Labute approximate surface area is 68.7 Å². The van der Waals surface area contributed by atoms with Crippen LogP contribution in [0.25, 0.3) is 0 Å². The van der Waals surface area contributed by atoms with Crippen molar-refractivity contribution in [1.82, 2.24) is 0 Å². The highest BCUT2D eigenvalue weighted by molar-refractivity contribution is 5.21. The van der Waals surface area contributed by atoms with Crippen molar-refractivity contribution in [3.8, 4) is 0 Å². The highest BCUT2D eigenvalue weighted by atomic mass is 16.3. The predicted octanol–water partition coefficient (Wildman–Crippen LogP) is 2.38. The predicted molar refractivity (Wildman–Crippen MR) is 48.5 cm³/mol. The second-order valence-electron chi connectivity index (χ2n) is 2.33. The van der Waals surface area contributed by atoms with Crippen molar-refractivity contribution >= 4 is 0 Å². The Kier molecular flexibility index (Phi) is 4.55. The minimum absolute atomic E-state index is 0.